The van der Waals surface area contributed by atoms with Crippen molar-refractivity contribution in [3.63, 3.8) is 0 Å². The van der Waals surface area contributed by atoms with Crippen LogP contribution in [-0.2, 0) is 0 Å². The van der Waals surface area contributed by atoms with Crippen molar-refractivity contribution in [3.8, 4) is 6.07 Å². The topological polar surface area (TPSA) is 74.0 Å². The van der Waals surface area contributed by atoms with E-state index in [1.165, 1.54) is 0 Å². The van der Waals surface area contributed by atoms with Gasteiger partial charge in [0.2, 0.25) is 5.95 Å². The van der Waals surface area contributed by atoms with Crippen molar-refractivity contribution in [2.45, 2.75) is 13.8 Å². The van der Waals surface area contributed by atoms with E-state index in [4.69, 9.17) is 5.26 Å². The average molecular weight is 175 g/mol. The Kier molecular flexibility index (Phi) is 2.92. The van der Waals surface area contributed by atoms with Gasteiger partial charge in [0.05, 0.1) is 0 Å². The Morgan fingerprint density at radius 1 is 1.46 bits per heavy atom. The van der Waals surface area contributed by atoms with Gasteiger partial charge in [0.15, 0.2) is 0 Å². The quantitative estimate of drug-likeness (QED) is 0.537. The molecule has 0 aromatic carbocycles. The third-order valence-corrected chi connectivity index (χ3v) is 1.27. The molecule has 0 saturated carbocycles. The van der Waals surface area contributed by atoms with E-state index in [0.717, 1.165) is 17.6 Å². The fraction of sp³-hybridized carbons (Fsp3) is 0.250. The van der Waals surface area contributed by atoms with Gasteiger partial charge in [-0.05, 0) is 19.9 Å². The SMILES string of the molecule is Cc1cc(C)nc(N/N=C/C#N)n1. The van der Waals surface area contributed by atoms with Crippen LogP contribution in [-0.4, -0.2) is 16.2 Å². The molecule has 1 aromatic heterocycles. The molecule has 0 saturated heterocycles. The maximum atomic E-state index is 8.17. The third kappa shape index (κ3) is 2.87. The minimum absolute atomic E-state index is 0.406. The van der Waals surface area contributed by atoms with Crippen LogP contribution in [0.1, 0.15) is 11.4 Å². The van der Waals surface area contributed by atoms with Crippen LogP contribution in [0.25, 0.3) is 0 Å². The van der Waals surface area contributed by atoms with E-state index < -0.39 is 0 Å². The van der Waals surface area contributed by atoms with Gasteiger partial charge in [-0.2, -0.15) is 10.4 Å². The first-order valence-corrected chi connectivity index (χ1v) is 3.72. The number of anilines is 1. The fourth-order valence-corrected chi connectivity index (χ4v) is 0.895. The van der Waals surface area contributed by atoms with Gasteiger partial charge in [-0.1, -0.05) is 0 Å². The highest BCUT2D eigenvalue weighted by Gasteiger charge is 1.95. The van der Waals surface area contributed by atoms with E-state index in [9.17, 15) is 0 Å². The first kappa shape index (κ1) is 9.13. The number of hydrogen-bond acceptors (Lipinski definition) is 5. The van der Waals surface area contributed by atoms with Crippen molar-refractivity contribution in [2.24, 2.45) is 5.10 Å². The molecular weight excluding hydrogens is 166 g/mol. The summed E-state index contributed by atoms with van der Waals surface area (Å²) >= 11 is 0. The molecule has 1 heterocycles. The fourth-order valence-electron chi connectivity index (χ4n) is 0.895. The maximum Gasteiger partial charge on any atom is 0.243 e. The van der Waals surface area contributed by atoms with Gasteiger partial charge in [0.25, 0.3) is 0 Å². The molecule has 0 spiro atoms. The van der Waals surface area contributed by atoms with Crippen LogP contribution >= 0.6 is 0 Å². The Labute approximate surface area is 76.1 Å². The van der Waals surface area contributed by atoms with Crippen molar-refractivity contribution >= 4 is 12.2 Å². The van der Waals surface area contributed by atoms with Gasteiger partial charge in [0, 0.05) is 11.4 Å². The van der Waals surface area contributed by atoms with Crippen LogP contribution in [0.2, 0.25) is 0 Å². The van der Waals surface area contributed by atoms with Crippen LogP contribution in [0.3, 0.4) is 0 Å². The minimum atomic E-state index is 0.406. The zero-order chi connectivity index (χ0) is 9.68. The molecule has 0 aliphatic carbocycles. The summed E-state index contributed by atoms with van der Waals surface area (Å²) < 4.78 is 0. The van der Waals surface area contributed by atoms with Crippen LogP contribution in [0, 0.1) is 25.2 Å². The number of aryl methyl sites for hydroxylation is 2. The van der Waals surface area contributed by atoms with Crippen molar-refractivity contribution in [3.05, 3.63) is 17.5 Å². The molecule has 0 aliphatic heterocycles. The van der Waals surface area contributed by atoms with Crippen molar-refractivity contribution < 1.29 is 0 Å². The summed E-state index contributed by atoms with van der Waals surface area (Å²) in [7, 11) is 0. The molecule has 0 aliphatic rings. The van der Waals surface area contributed by atoms with Gasteiger partial charge >= 0.3 is 0 Å². The van der Waals surface area contributed by atoms with E-state index in [0.29, 0.717) is 5.95 Å². The minimum Gasteiger partial charge on any atom is -0.244 e. The maximum absolute atomic E-state index is 8.17. The third-order valence-electron chi connectivity index (χ3n) is 1.27. The predicted octanol–water partition coefficient (Wildman–Crippen LogP) is 1.01. The number of rotatable bonds is 2. The van der Waals surface area contributed by atoms with Crippen molar-refractivity contribution in [1.82, 2.24) is 9.97 Å². The van der Waals surface area contributed by atoms with Crippen LogP contribution < -0.4 is 5.43 Å². The number of aromatic nitrogens is 2. The molecule has 1 aromatic rings. The monoisotopic (exact) mass is 175 g/mol. The van der Waals surface area contributed by atoms with E-state index >= 15 is 0 Å². The lowest BCUT2D eigenvalue weighted by Gasteiger charge is -2.00. The summed E-state index contributed by atoms with van der Waals surface area (Å²) in [5.74, 6) is 0.406. The second kappa shape index (κ2) is 4.16. The highest BCUT2D eigenvalue weighted by molar-refractivity contribution is 5.75. The van der Waals surface area contributed by atoms with E-state index in [-0.39, 0.29) is 0 Å². The van der Waals surface area contributed by atoms with Crippen LogP contribution in [0.15, 0.2) is 11.2 Å². The van der Waals surface area contributed by atoms with Gasteiger partial charge in [-0.3, -0.25) is 0 Å². The van der Waals surface area contributed by atoms with E-state index in [2.05, 4.69) is 20.5 Å². The molecule has 5 nitrogen and oxygen atoms in total. The number of nitriles is 1. The van der Waals surface area contributed by atoms with Crippen LogP contribution in [0.5, 0.6) is 0 Å². The standard InChI is InChI=1S/C8H9N5/c1-6-5-7(2)12-8(11-6)13-10-4-3-9/h4-5H,1-2H3,(H,11,12,13)/b10-4+. The molecule has 0 atom stereocenters. The number of hydrogen-bond donors (Lipinski definition) is 1. The van der Waals surface area contributed by atoms with E-state index in [1.807, 2.05) is 19.9 Å². The highest BCUT2D eigenvalue weighted by Crippen LogP contribution is 2.02. The van der Waals surface area contributed by atoms with Gasteiger partial charge < -0.3 is 0 Å². The zero-order valence-electron chi connectivity index (χ0n) is 7.44. The molecular formula is C8H9N5. The Hall–Kier alpha value is -1.96. The number of nitrogens with one attached hydrogen (secondary N) is 1. The lowest BCUT2D eigenvalue weighted by Crippen LogP contribution is -1.98. The predicted molar refractivity (Wildman–Crippen MR) is 49.2 cm³/mol. The summed E-state index contributed by atoms with van der Waals surface area (Å²) in [5, 5.41) is 11.8. The Morgan fingerprint density at radius 2 is 2.08 bits per heavy atom. The van der Waals surface area contributed by atoms with Gasteiger partial charge in [-0.25, -0.2) is 15.4 Å². The smallest absolute Gasteiger partial charge is 0.243 e. The average Bonchev–Trinajstić information content (AvgIpc) is 2.03. The lowest BCUT2D eigenvalue weighted by molar-refractivity contribution is 1.04. The molecule has 0 radical (unpaired) electrons. The number of nitrogens with zero attached hydrogens (tertiary/aromatic N) is 4. The Balaban J connectivity index is 2.78. The number of hydrazone groups is 1. The highest BCUT2D eigenvalue weighted by atomic mass is 15.3. The van der Waals surface area contributed by atoms with Gasteiger partial charge in [0.1, 0.15) is 12.3 Å². The normalized spacial score (nSPS) is 9.92. The molecule has 1 N–H and O–H groups in total. The van der Waals surface area contributed by atoms with Crippen molar-refractivity contribution in [2.75, 3.05) is 5.43 Å². The Morgan fingerprint density at radius 3 is 2.62 bits per heavy atom. The largest absolute Gasteiger partial charge is 0.244 e. The summed E-state index contributed by atoms with van der Waals surface area (Å²) in [6.07, 6.45) is 1.08. The molecule has 0 unspecified atom stereocenters. The van der Waals surface area contributed by atoms with Crippen LogP contribution in [0.4, 0.5) is 5.95 Å². The molecule has 5 heteroatoms. The first-order chi connectivity index (χ1) is 6.22. The molecule has 0 fully saturated rings. The lowest BCUT2D eigenvalue weighted by atomic mass is 10.4. The summed E-state index contributed by atoms with van der Waals surface area (Å²) in [4.78, 5) is 8.12. The summed E-state index contributed by atoms with van der Waals surface area (Å²) in [6, 6.07) is 3.62. The molecule has 13 heavy (non-hydrogen) atoms. The van der Waals surface area contributed by atoms with Crippen molar-refractivity contribution in [1.29, 1.82) is 5.26 Å². The molecule has 66 valence electrons. The summed E-state index contributed by atoms with van der Waals surface area (Å²) in [5.41, 5.74) is 4.28. The summed E-state index contributed by atoms with van der Waals surface area (Å²) in [6.45, 7) is 3.74. The van der Waals surface area contributed by atoms with Gasteiger partial charge in [-0.15, -0.1) is 0 Å². The second-order valence-electron chi connectivity index (χ2n) is 2.47. The Bertz CT molecular complexity index is 343. The molecule has 0 amide bonds. The first-order valence-electron chi connectivity index (χ1n) is 3.72. The zero-order valence-corrected chi connectivity index (χ0v) is 7.44. The second-order valence-corrected chi connectivity index (χ2v) is 2.47. The molecule has 0 bridgehead atoms. The van der Waals surface area contributed by atoms with E-state index in [1.54, 1.807) is 6.07 Å². The molecule has 1 rings (SSSR count).